The number of carbonyl (C=O) groups is 1. The van der Waals surface area contributed by atoms with Crippen molar-refractivity contribution in [1.82, 2.24) is 4.98 Å². The number of benzene rings is 1. The molecule has 0 radical (unpaired) electrons. The largest absolute Gasteiger partial charge is 0.491 e. The lowest BCUT2D eigenvalue weighted by atomic mass is 10.0. The number of amides is 1. The summed E-state index contributed by atoms with van der Waals surface area (Å²) in [6.45, 7) is 1.39. The molecule has 2 aromatic rings. The summed E-state index contributed by atoms with van der Waals surface area (Å²) in [6.07, 6.45) is 6.87. The van der Waals surface area contributed by atoms with Crippen LogP contribution in [0, 0.1) is 0 Å². The Bertz CT molecular complexity index is 712. The molecule has 1 atom stereocenters. The fraction of sp³-hybridized carbons (Fsp3) is 0.474. The molecule has 0 bridgehead atoms. The van der Waals surface area contributed by atoms with Gasteiger partial charge in [-0.05, 0) is 62.8 Å². The van der Waals surface area contributed by atoms with Gasteiger partial charge in [-0.15, -0.1) is 11.3 Å². The highest BCUT2D eigenvalue weighted by molar-refractivity contribution is 7.15. The van der Waals surface area contributed by atoms with Crippen LogP contribution in [-0.2, 0) is 17.6 Å². The standard InChI is InChI=1S/C19H22N2O3S/c22-18(21-19-20-16-5-1-2-6-17(16)25-19)13-7-9-14(10-8-13)24-12-15-4-3-11-23-15/h7-10,15H,1-6,11-12H2,(H,20,21,22). The number of thiazole rings is 1. The summed E-state index contributed by atoms with van der Waals surface area (Å²) in [6, 6.07) is 7.23. The number of fused-ring (bicyclic) bond motifs is 1. The van der Waals surface area contributed by atoms with Gasteiger partial charge in [0.2, 0.25) is 0 Å². The van der Waals surface area contributed by atoms with E-state index in [1.807, 2.05) is 12.1 Å². The van der Waals surface area contributed by atoms with Gasteiger partial charge in [-0.3, -0.25) is 10.1 Å². The highest BCUT2D eigenvalue weighted by Crippen LogP contribution is 2.29. The molecule has 1 fully saturated rings. The van der Waals surface area contributed by atoms with Crippen molar-refractivity contribution in [2.75, 3.05) is 18.5 Å². The second-order valence-electron chi connectivity index (χ2n) is 6.52. The topological polar surface area (TPSA) is 60.5 Å². The lowest BCUT2D eigenvalue weighted by Crippen LogP contribution is -2.16. The molecule has 1 aliphatic heterocycles. The monoisotopic (exact) mass is 358 g/mol. The van der Waals surface area contributed by atoms with Gasteiger partial charge in [-0.25, -0.2) is 4.98 Å². The fourth-order valence-electron chi connectivity index (χ4n) is 3.24. The van der Waals surface area contributed by atoms with Gasteiger partial charge < -0.3 is 9.47 Å². The molecule has 132 valence electrons. The molecule has 1 N–H and O–H groups in total. The van der Waals surface area contributed by atoms with Gasteiger partial charge >= 0.3 is 0 Å². The highest BCUT2D eigenvalue weighted by Gasteiger charge is 2.18. The maximum Gasteiger partial charge on any atom is 0.257 e. The third kappa shape index (κ3) is 4.02. The number of hydrogen-bond acceptors (Lipinski definition) is 5. The minimum atomic E-state index is -0.128. The minimum absolute atomic E-state index is 0.128. The molecule has 1 amide bonds. The predicted octanol–water partition coefficient (Wildman–Crippen LogP) is 3.83. The van der Waals surface area contributed by atoms with E-state index >= 15 is 0 Å². The molecule has 1 aliphatic carbocycles. The van der Waals surface area contributed by atoms with Crippen molar-refractivity contribution >= 4 is 22.4 Å². The van der Waals surface area contributed by atoms with Gasteiger partial charge in [0.1, 0.15) is 12.4 Å². The van der Waals surface area contributed by atoms with Crippen molar-refractivity contribution in [3.05, 3.63) is 40.4 Å². The Hall–Kier alpha value is -1.92. The van der Waals surface area contributed by atoms with Gasteiger partial charge in [0, 0.05) is 17.0 Å². The molecule has 4 rings (SSSR count). The number of nitrogens with zero attached hydrogens (tertiary/aromatic N) is 1. The third-order valence-corrected chi connectivity index (χ3v) is 5.72. The lowest BCUT2D eigenvalue weighted by molar-refractivity contribution is 0.0679. The Morgan fingerprint density at radius 1 is 1.24 bits per heavy atom. The molecule has 5 nitrogen and oxygen atoms in total. The van der Waals surface area contributed by atoms with Crippen LogP contribution in [0.5, 0.6) is 5.75 Å². The summed E-state index contributed by atoms with van der Waals surface area (Å²) >= 11 is 1.60. The summed E-state index contributed by atoms with van der Waals surface area (Å²) in [5.41, 5.74) is 1.77. The van der Waals surface area contributed by atoms with Crippen LogP contribution in [0.4, 0.5) is 5.13 Å². The van der Waals surface area contributed by atoms with Crippen molar-refractivity contribution in [3.8, 4) is 5.75 Å². The number of aryl methyl sites for hydroxylation is 2. The van der Waals surface area contributed by atoms with E-state index in [-0.39, 0.29) is 12.0 Å². The molecule has 0 saturated carbocycles. The first-order valence-electron chi connectivity index (χ1n) is 8.92. The number of nitrogens with one attached hydrogen (secondary N) is 1. The van der Waals surface area contributed by atoms with Crippen LogP contribution in [0.15, 0.2) is 24.3 Å². The van der Waals surface area contributed by atoms with E-state index < -0.39 is 0 Å². The van der Waals surface area contributed by atoms with Crippen molar-refractivity contribution in [2.45, 2.75) is 44.6 Å². The molecule has 1 aromatic carbocycles. The number of carbonyl (C=O) groups excluding carboxylic acids is 1. The van der Waals surface area contributed by atoms with Crippen LogP contribution in [0.1, 0.15) is 46.6 Å². The summed E-state index contributed by atoms with van der Waals surface area (Å²) in [4.78, 5) is 18.3. The summed E-state index contributed by atoms with van der Waals surface area (Å²) in [7, 11) is 0. The Morgan fingerprint density at radius 2 is 2.08 bits per heavy atom. The Labute approximate surface area is 151 Å². The van der Waals surface area contributed by atoms with E-state index in [9.17, 15) is 4.79 Å². The van der Waals surface area contributed by atoms with Crippen LogP contribution in [-0.4, -0.2) is 30.2 Å². The highest BCUT2D eigenvalue weighted by atomic mass is 32.1. The van der Waals surface area contributed by atoms with E-state index in [2.05, 4.69) is 10.3 Å². The SMILES string of the molecule is O=C(Nc1nc2c(s1)CCCC2)c1ccc(OCC2CCCO2)cc1. The van der Waals surface area contributed by atoms with Crippen LogP contribution >= 0.6 is 11.3 Å². The van der Waals surface area contributed by atoms with E-state index in [4.69, 9.17) is 9.47 Å². The summed E-state index contributed by atoms with van der Waals surface area (Å²) < 4.78 is 11.3. The lowest BCUT2D eigenvalue weighted by Gasteiger charge is -2.11. The van der Waals surface area contributed by atoms with Crippen LogP contribution in [0.25, 0.3) is 0 Å². The molecule has 1 aromatic heterocycles. The van der Waals surface area contributed by atoms with Crippen LogP contribution in [0.2, 0.25) is 0 Å². The molecular formula is C19H22N2O3S. The first kappa shape index (κ1) is 16.5. The average molecular weight is 358 g/mol. The average Bonchev–Trinajstić information content (AvgIpc) is 3.29. The quantitative estimate of drug-likeness (QED) is 0.882. The van der Waals surface area contributed by atoms with E-state index in [0.717, 1.165) is 43.7 Å². The zero-order chi connectivity index (χ0) is 17.1. The van der Waals surface area contributed by atoms with Crippen molar-refractivity contribution < 1.29 is 14.3 Å². The maximum absolute atomic E-state index is 12.4. The normalized spacial score (nSPS) is 19.4. The van der Waals surface area contributed by atoms with Crippen LogP contribution < -0.4 is 10.1 Å². The second-order valence-corrected chi connectivity index (χ2v) is 7.60. The Morgan fingerprint density at radius 3 is 2.84 bits per heavy atom. The van der Waals surface area contributed by atoms with Crippen molar-refractivity contribution in [3.63, 3.8) is 0 Å². The predicted molar refractivity (Wildman–Crippen MR) is 97.6 cm³/mol. The molecule has 6 heteroatoms. The number of aromatic nitrogens is 1. The smallest absolute Gasteiger partial charge is 0.257 e. The number of rotatable bonds is 5. The summed E-state index contributed by atoms with van der Waals surface area (Å²) in [5.74, 6) is 0.633. The third-order valence-electron chi connectivity index (χ3n) is 4.64. The zero-order valence-corrected chi connectivity index (χ0v) is 14.9. The molecule has 25 heavy (non-hydrogen) atoms. The molecule has 1 saturated heterocycles. The van der Waals surface area contributed by atoms with Gasteiger partial charge in [-0.1, -0.05) is 0 Å². The molecule has 2 heterocycles. The van der Waals surface area contributed by atoms with Gasteiger partial charge in [0.05, 0.1) is 11.8 Å². The zero-order valence-electron chi connectivity index (χ0n) is 14.1. The molecular weight excluding hydrogens is 336 g/mol. The second kappa shape index (κ2) is 7.54. The molecule has 0 spiro atoms. The number of hydrogen-bond donors (Lipinski definition) is 1. The molecule has 1 unspecified atom stereocenters. The van der Waals surface area contributed by atoms with E-state index in [1.54, 1.807) is 23.5 Å². The van der Waals surface area contributed by atoms with Crippen molar-refractivity contribution in [2.24, 2.45) is 0 Å². The van der Waals surface area contributed by atoms with Crippen molar-refractivity contribution in [1.29, 1.82) is 0 Å². The molecule has 2 aliphatic rings. The number of ether oxygens (including phenoxy) is 2. The van der Waals surface area contributed by atoms with E-state index in [0.29, 0.717) is 17.3 Å². The van der Waals surface area contributed by atoms with E-state index in [1.165, 1.54) is 17.7 Å². The Balaban J connectivity index is 1.34. The maximum atomic E-state index is 12.4. The first-order valence-corrected chi connectivity index (χ1v) is 9.74. The number of anilines is 1. The fourth-order valence-corrected chi connectivity index (χ4v) is 4.29. The van der Waals surface area contributed by atoms with Gasteiger partial charge in [0.15, 0.2) is 5.13 Å². The van der Waals surface area contributed by atoms with Gasteiger partial charge in [-0.2, -0.15) is 0 Å². The van der Waals surface area contributed by atoms with Crippen LogP contribution in [0.3, 0.4) is 0 Å². The Kier molecular flexibility index (Phi) is 4.99. The van der Waals surface area contributed by atoms with Gasteiger partial charge in [0.25, 0.3) is 5.91 Å². The summed E-state index contributed by atoms with van der Waals surface area (Å²) in [5, 5.41) is 3.62. The first-order chi connectivity index (χ1) is 12.3. The minimum Gasteiger partial charge on any atom is -0.491 e.